The summed E-state index contributed by atoms with van der Waals surface area (Å²) < 4.78 is 0. The molecule has 1 atom stereocenters. The summed E-state index contributed by atoms with van der Waals surface area (Å²) in [5.74, 6) is -0.0989. The predicted octanol–water partition coefficient (Wildman–Crippen LogP) is 0.852. The molecule has 2 heterocycles. The van der Waals surface area contributed by atoms with Gasteiger partial charge in [-0.3, -0.25) is 14.9 Å². The third kappa shape index (κ3) is 1.91. The van der Waals surface area contributed by atoms with E-state index in [1.807, 2.05) is 0 Å². The molecule has 2 saturated heterocycles. The van der Waals surface area contributed by atoms with Crippen LogP contribution in [0.1, 0.15) is 32.1 Å². The van der Waals surface area contributed by atoms with Crippen molar-refractivity contribution in [2.75, 3.05) is 19.6 Å². The summed E-state index contributed by atoms with van der Waals surface area (Å²) >= 11 is 0. The van der Waals surface area contributed by atoms with E-state index in [9.17, 15) is 10.0 Å². The van der Waals surface area contributed by atoms with Crippen molar-refractivity contribution in [1.29, 1.82) is 0 Å². The van der Waals surface area contributed by atoms with Gasteiger partial charge in [0.05, 0.1) is 6.04 Å². The molecule has 80 valence electrons. The zero-order valence-corrected chi connectivity index (χ0v) is 8.48. The molecule has 1 unspecified atom stereocenters. The lowest BCUT2D eigenvalue weighted by molar-refractivity contribution is -0.178. The van der Waals surface area contributed by atoms with Crippen LogP contribution in [0.15, 0.2) is 0 Å². The molecule has 0 bridgehead atoms. The lowest BCUT2D eigenvalue weighted by atomic mass is 10.0. The topological polar surface area (TPSA) is 43.8 Å². The molecule has 0 spiro atoms. The lowest BCUT2D eigenvalue weighted by Crippen LogP contribution is -2.52. The fraction of sp³-hybridized carbons (Fsp3) is 0.900. The number of nitrogens with zero attached hydrogens (tertiary/aromatic N) is 2. The molecule has 0 radical (unpaired) electrons. The Hall–Kier alpha value is -0.610. The first-order valence-corrected chi connectivity index (χ1v) is 5.53. The number of rotatable bonds is 1. The molecule has 0 aromatic rings. The van der Waals surface area contributed by atoms with Crippen molar-refractivity contribution in [2.45, 2.75) is 38.1 Å². The first kappa shape index (κ1) is 9.93. The van der Waals surface area contributed by atoms with Gasteiger partial charge in [-0.15, -0.1) is 0 Å². The van der Waals surface area contributed by atoms with Crippen LogP contribution in [0.2, 0.25) is 0 Å². The molecular weight excluding hydrogens is 180 g/mol. The van der Waals surface area contributed by atoms with Crippen LogP contribution in [-0.4, -0.2) is 46.8 Å². The molecule has 0 saturated carbocycles. The van der Waals surface area contributed by atoms with Crippen LogP contribution in [-0.2, 0) is 4.79 Å². The van der Waals surface area contributed by atoms with Crippen LogP contribution >= 0.6 is 0 Å². The average Bonchev–Trinajstić information content (AvgIpc) is 2.23. The number of hydroxylamine groups is 2. The fourth-order valence-electron chi connectivity index (χ4n) is 2.41. The van der Waals surface area contributed by atoms with Crippen molar-refractivity contribution in [3.05, 3.63) is 0 Å². The van der Waals surface area contributed by atoms with Gasteiger partial charge < -0.3 is 0 Å². The van der Waals surface area contributed by atoms with Gasteiger partial charge in [0, 0.05) is 6.54 Å². The highest BCUT2D eigenvalue weighted by molar-refractivity contribution is 5.81. The van der Waals surface area contributed by atoms with Gasteiger partial charge >= 0.3 is 0 Å². The first-order chi connectivity index (χ1) is 6.79. The van der Waals surface area contributed by atoms with Crippen LogP contribution in [0.5, 0.6) is 0 Å². The summed E-state index contributed by atoms with van der Waals surface area (Å²) in [5, 5.41) is 10.2. The number of piperidine rings is 2. The Morgan fingerprint density at radius 2 is 1.79 bits per heavy atom. The highest BCUT2D eigenvalue weighted by atomic mass is 16.5. The lowest BCUT2D eigenvalue weighted by Gasteiger charge is -2.37. The van der Waals surface area contributed by atoms with Gasteiger partial charge in [-0.2, -0.15) is 0 Å². The van der Waals surface area contributed by atoms with Crippen molar-refractivity contribution < 1.29 is 10.0 Å². The number of hydrogen-bond donors (Lipinski definition) is 1. The molecule has 1 amide bonds. The van der Waals surface area contributed by atoms with Gasteiger partial charge in [0.1, 0.15) is 0 Å². The molecular formula is C10H18N2O2. The summed E-state index contributed by atoms with van der Waals surface area (Å²) in [6.07, 6.45) is 5.49. The third-order valence-corrected chi connectivity index (χ3v) is 3.22. The number of amides is 1. The van der Waals surface area contributed by atoms with Gasteiger partial charge in [-0.05, 0) is 38.8 Å². The Morgan fingerprint density at radius 1 is 1.07 bits per heavy atom. The van der Waals surface area contributed by atoms with Crippen LogP contribution in [0.25, 0.3) is 0 Å². The first-order valence-electron chi connectivity index (χ1n) is 5.53. The number of likely N-dealkylation sites (tertiary alicyclic amines) is 1. The summed E-state index contributed by atoms with van der Waals surface area (Å²) in [6, 6.07) is -0.0472. The Morgan fingerprint density at radius 3 is 2.50 bits per heavy atom. The maximum Gasteiger partial charge on any atom is 0.263 e. The predicted molar refractivity (Wildman–Crippen MR) is 51.9 cm³/mol. The molecule has 4 heteroatoms. The van der Waals surface area contributed by atoms with Gasteiger partial charge in [-0.25, -0.2) is 5.06 Å². The van der Waals surface area contributed by atoms with Crippen LogP contribution in [0, 0.1) is 0 Å². The van der Waals surface area contributed by atoms with E-state index in [2.05, 4.69) is 4.90 Å². The maximum absolute atomic E-state index is 11.7. The Balaban J connectivity index is 1.97. The molecule has 4 nitrogen and oxygen atoms in total. The fourth-order valence-corrected chi connectivity index (χ4v) is 2.41. The van der Waals surface area contributed by atoms with E-state index >= 15 is 0 Å². The van der Waals surface area contributed by atoms with Gasteiger partial charge in [0.25, 0.3) is 5.91 Å². The molecule has 0 aromatic carbocycles. The zero-order chi connectivity index (χ0) is 9.97. The second-order valence-corrected chi connectivity index (χ2v) is 4.22. The molecule has 1 N–H and O–H groups in total. The van der Waals surface area contributed by atoms with Crippen LogP contribution < -0.4 is 0 Å². The number of hydrogen-bond acceptors (Lipinski definition) is 3. The second-order valence-electron chi connectivity index (χ2n) is 4.22. The summed E-state index contributed by atoms with van der Waals surface area (Å²) in [4.78, 5) is 13.9. The highest BCUT2D eigenvalue weighted by Crippen LogP contribution is 2.20. The quantitative estimate of drug-likeness (QED) is 0.635. The van der Waals surface area contributed by atoms with Crippen molar-refractivity contribution in [3.63, 3.8) is 0 Å². The summed E-state index contributed by atoms with van der Waals surface area (Å²) in [7, 11) is 0. The van der Waals surface area contributed by atoms with Gasteiger partial charge in [0.2, 0.25) is 0 Å². The SMILES string of the molecule is O=C1C(N2CCCCC2)CCCN1O. The smallest absolute Gasteiger partial charge is 0.263 e. The van der Waals surface area contributed by atoms with Gasteiger partial charge in [-0.1, -0.05) is 6.42 Å². The molecule has 2 aliphatic rings. The Kier molecular flexibility index (Phi) is 3.03. The molecule has 0 aromatic heterocycles. The molecule has 2 fully saturated rings. The number of carbonyl (C=O) groups excluding carboxylic acids is 1. The Bertz CT molecular complexity index is 214. The van der Waals surface area contributed by atoms with E-state index in [1.54, 1.807) is 0 Å². The monoisotopic (exact) mass is 198 g/mol. The van der Waals surface area contributed by atoms with E-state index < -0.39 is 0 Å². The summed E-state index contributed by atoms with van der Waals surface area (Å²) in [5.41, 5.74) is 0. The van der Waals surface area contributed by atoms with Crippen molar-refractivity contribution in [2.24, 2.45) is 0 Å². The van der Waals surface area contributed by atoms with Crippen molar-refractivity contribution in [3.8, 4) is 0 Å². The Labute approximate surface area is 84.4 Å². The van der Waals surface area contributed by atoms with Gasteiger partial charge in [0.15, 0.2) is 0 Å². The molecule has 2 aliphatic heterocycles. The molecule has 2 rings (SSSR count). The van der Waals surface area contributed by atoms with E-state index in [1.165, 1.54) is 19.3 Å². The highest BCUT2D eigenvalue weighted by Gasteiger charge is 2.32. The van der Waals surface area contributed by atoms with E-state index in [0.717, 1.165) is 31.0 Å². The summed E-state index contributed by atoms with van der Waals surface area (Å²) in [6.45, 7) is 2.54. The van der Waals surface area contributed by atoms with Crippen molar-refractivity contribution >= 4 is 5.91 Å². The van der Waals surface area contributed by atoms with E-state index in [-0.39, 0.29) is 11.9 Å². The number of carbonyl (C=O) groups is 1. The second kappa shape index (κ2) is 4.28. The third-order valence-electron chi connectivity index (χ3n) is 3.22. The van der Waals surface area contributed by atoms with E-state index in [4.69, 9.17) is 0 Å². The largest absolute Gasteiger partial charge is 0.292 e. The zero-order valence-electron chi connectivity index (χ0n) is 8.48. The minimum atomic E-state index is -0.0989. The van der Waals surface area contributed by atoms with Crippen molar-refractivity contribution in [1.82, 2.24) is 9.96 Å². The normalized spacial score (nSPS) is 30.8. The average molecular weight is 198 g/mol. The van der Waals surface area contributed by atoms with Crippen LogP contribution in [0.3, 0.4) is 0 Å². The maximum atomic E-state index is 11.7. The standard InChI is InChI=1S/C10H18N2O2/c13-10-9(5-4-8-12(10)14)11-6-2-1-3-7-11/h9,14H,1-8H2. The minimum absolute atomic E-state index is 0.0472. The van der Waals surface area contributed by atoms with Crippen LogP contribution in [0.4, 0.5) is 0 Å². The molecule has 14 heavy (non-hydrogen) atoms. The minimum Gasteiger partial charge on any atom is -0.292 e. The van der Waals surface area contributed by atoms with E-state index in [0.29, 0.717) is 6.54 Å². The molecule has 0 aliphatic carbocycles.